The summed E-state index contributed by atoms with van der Waals surface area (Å²) < 4.78 is 12.6. The van der Waals surface area contributed by atoms with E-state index in [1.54, 1.807) is 0 Å². The van der Waals surface area contributed by atoms with E-state index >= 15 is 0 Å². The second-order valence-electron chi connectivity index (χ2n) is 5.89. The standard InChI is InChI=1S/C12H26O2Si2/c1-16(2)12(8-4-6-10-14-12)11(15)7-3-5-9-13-11/h16H,3-10H2,1-2,15H3. The molecule has 0 saturated carbocycles. The Morgan fingerprint density at radius 2 is 1.56 bits per heavy atom. The van der Waals surface area contributed by atoms with Gasteiger partial charge in [0.2, 0.25) is 0 Å². The van der Waals surface area contributed by atoms with Crippen molar-refractivity contribution >= 4 is 19.0 Å². The lowest BCUT2D eigenvalue weighted by atomic mass is 9.96. The van der Waals surface area contributed by atoms with Gasteiger partial charge in [0.15, 0.2) is 0 Å². The van der Waals surface area contributed by atoms with Gasteiger partial charge in [-0.25, -0.2) is 0 Å². The SMILES string of the molecule is C[SiH](C)C1(C2([SiH3])CCCCO2)CCCCO1. The predicted octanol–water partition coefficient (Wildman–Crippen LogP) is 1.21. The lowest BCUT2D eigenvalue weighted by molar-refractivity contribution is -0.160. The average molecular weight is 259 g/mol. The molecule has 0 aliphatic carbocycles. The van der Waals surface area contributed by atoms with Crippen LogP contribution in [0.3, 0.4) is 0 Å². The van der Waals surface area contributed by atoms with Crippen molar-refractivity contribution in [3.8, 4) is 0 Å². The smallest absolute Gasteiger partial charge is 0.0791 e. The van der Waals surface area contributed by atoms with Gasteiger partial charge in [0, 0.05) is 23.5 Å². The Balaban J connectivity index is 2.22. The van der Waals surface area contributed by atoms with Crippen molar-refractivity contribution in [2.24, 2.45) is 0 Å². The van der Waals surface area contributed by atoms with Crippen molar-refractivity contribution < 1.29 is 9.47 Å². The van der Waals surface area contributed by atoms with Crippen LogP contribution >= 0.6 is 0 Å². The Bertz CT molecular complexity index is 231. The van der Waals surface area contributed by atoms with Crippen LogP contribution in [-0.2, 0) is 9.47 Å². The predicted molar refractivity (Wildman–Crippen MR) is 73.9 cm³/mol. The van der Waals surface area contributed by atoms with Crippen LogP contribution in [0.15, 0.2) is 0 Å². The van der Waals surface area contributed by atoms with Crippen LogP contribution in [0, 0.1) is 0 Å². The van der Waals surface area contributed by atoms with Crippen molar-refractivity contribution in [2.75, 3.05) is 13.2 Å². The largest absolute Gasteiger partial charge is 0.377 e. The van der Waals surface area contributed by atoms with E-state index in [1.165, 1.54) is 38.5 Å². The van der Waals surface area contributed by atoms with Gasteiger partial charge in [-0.15, -0.1) is 0 Å². The van der Waals surface area contributed by atoms with Crippen molar-refractivity contribution in [2.45, 2.75) is 62.1 Å². The van der Waals surface area contributed by atoms with Gasteiger partial charge in [0.05, 0.1) is 19.2 Å². The second kappa shape index (κ2) is 4.92. The number of hydrogen-bond donors (Lipinski definition) is 0. The maximum Gasteiger partial charge on any atom is 0.0791 e. The summed E-state index contributed by atoms with van der Waals surface area (Å²) in [6.07, 6.45) is 7.71. The Hall–Kier alpha value is 0.354. The lowest BCUT2D eigenvalue weighted by Gasteiger charge is -2.54. The van der Waals surface area contributed by atoms with Crippen molar-refractivity contribution in [1.29, 1.82) is 0 Å². The summed E-state index contributed by atoms with van der Waals surface area (Å²) in [6, 6.07) is 0. The fourth-order valence-corrected chi connectivity index (χ4v) is 8.93. The first-order chi connectivity index (χ1) is 7.61. The molecule has 4 heteroatoms. The van der Waals surface area contributed by atoms with E-state index in [2.05, 4.69) is 13.1 Å². The number of rotatable bonds is 2. The molecule has 2 nitrogen and oxygen atoms in total. The molecule has 0 bridgehead atoms. The molecule has 0 amide bonds. The molecule has 0 N–H and O–H groups in total. The molecule has 2 fully saturated rings. The van der Waals surface area contributed by atoms with Crippen LogP contribution in [0.5, 0.6) is 0 Å². The molecule has 2 atom stereocenters. The molecule has 2 heterocycles. The Morgan fingerprint density at radius 3 is 2.00 bits per heavy atom. The molecule has 0 aromatic carbocycles. The summed E-state index contributed by atoms with van der Waals surface area (Å²) >= 11 is 0. The van der Waals surface area contributed by atoms with Crippen LogP contribution < -0.4 is 0 Å². The first kappa shape index (κ1) is 12.8. The van der Waals surface area contributed by atoms with E-state index in [9.17, 15) is 0 Å². The molecule has 94 valence electrons. The van der Waals surface area contributed by atoms with Crippen molar-refractivity contribution in [3.63, 3.8) is 0 Å². The molecule has 0 spiro atoms. The van der Waals surface area contributed by atoms with Gasteiger partial charge in [-0.05, 0) is 38.5 Å². The van der Waals surface area contributed by atoms with E-state index < -0.39 is 8.80 Å². The van der Waals surface area contributed by atoms with Gasteiger partial charge in [-0.2, -0.15) is 0 Å². The lowest BCUT2D eigenvalue weighted by Crippen LogP contribution is -2.66. The molecule has 0 aromatic rings. The zero-order chi connectivity index (χ0) is 11.6. The maximum absolute atomic E-state index is 6.34. The molecule has 2 unspecified atom stereocenters. The normalized spacial score (nSPS) is 41.4. The van der Waals surface area contributed by atoms with E-state index in [4.69, 9.17) is 9.47 Å². The van der Waals surface area contributed by atoms with Gasteiger partial charge < -0.3 is 9.47 Å². The van der Waals surface area contributed by atoms with E-state index in [0.717, 1.165) is 23.5 Å². The molecule has 0 radical (unpaired) electrons. The minimum Gasteiger partial charge on any atom is -0.377 e. The molecule has 2 rings (SSSR count). The molecular weight excluding hydrogens is 232 g/mol. The van der Waals surface area contributed by atoms with Crippen LogP contribution in [0.25, 0.3) is 0 Å². The summed E-state index contributed by atoms with van der Waals surface area (Å²) in [5.74, 6) is 0. The number of hydrogen-bond acceptors (Lipinski definition) is 2. The topological polar surface area (TPSA) is 18.5 Å². The van der Waals surface area contributed by atoms with Crippen LogP contribution in [-0.4, -0.2) is 42.7 Å². The van der Waals surface area contributed by atoms with Crippen LogP contribution in [0.1, 0.15) is 38.5 Å². The first-order valence-electron chi connectivity index (χ1n) is 6.89. The minimum atomic E-state index is -0.841. The summed E-state index contributed by atoms with van der Waals surface area (Å²) in [7, 11) is 0.290. The van der Waals surface area contributed by atoms with E-state index in [0.29, 0.717) is 0 Å². The van der Waals surface area contributed by atoms with Crippen LogP contribution in [0.2, 0.25) is 13.1 Å². The Labute approximate surface area is 104 Å². The van der Waals surface area contributed by atoms with Gasteiger partial charge >= 0.3 is 0 Å². The summed E-state index contributed by atoms with van der Waals surface area (Å²) in [5, 5.41) is 0.309. The Kier molecular flexibility index (Phi) is 3.94. The number of ether oxygens (including phenoxy) is 2. The highest BCUT2D eigenvalue weighted by Gasteiger charge is 2.53. The third-order valence-corrected chi connectivity index (χ3v) is 9.74. The van der Waals surface area contributed by atoms with Crippen molar-refractivity contribution in [1.82, 2.24) is 0 Å². The highest BCUT2D eigenvalue weighted by Crippen LogP contribution is 2.42. The molecule has 2 aliphatic rings. The molecular formula is C12H26O2Si2. The van der Waals surface area contributed by atoms with Gasteiger partial charge in [-0.3, -0.25) is 0 Å². The van der Waals surface area contributed by atoms with Crippen molar-refractivity contribution in [3.05, 3.63) is 0 Å². The highest BCUT2D eigenvalue weighted by atomic mass is 28.3. The fourth-order valence-electron chi connectivity index (χ4n) is 3.57. The minimum absolute atomic E-state index is 0.145. The quantitative estimate of drug-likeness (QED) is 0.693. The Morgan fingerprint density at radius 1 is 0.938 bits per heavy atom. The molecule has 0 aromatic heterocycles. The zero-order valence-corrected chi connectivity index (χ0v) is 14.2. The fraction of sp³-hybridized carbons (Fsp3) is 1.00. The third kappa shape index (κ3) is 2.05. The molecule has 16 heavy (non-hydrogen) atoms. The first-order valence-corrected chi connectivity index (χ1v) is 10.8. The van der Waals surface area contributed by atoms with Crippen LogP contribution in [0.4, 0.5) is 0 Å². The summed E-state index contributed by atoms with van der Waals surface area (Å²) in [5.41, 5.74) is 0. The molecule has 2 saturated heterocycles. The van der Waals surface area contributed by atoms with Gasteiger partial charge in [0.25, 0.3) is 0 Å². The second-order valence-corrected chi connectivity index (χ2v) is 10.7. The molecule has 2 aliphatic heterocycles. The van der Waals surface area contributed by atoms with Gasteiger partial charge in [-0.1, -0.05) is 13.1 Å². The van der Waals surface area contributed by atoms with E-state index in [1.807, 2.05) is 0 Å². The average Bonchev–Trinajstić information content (AvgIpc) is 2.30. The third-order valence-electron chi connectivity index (χ3n) is 4.60. The summed E-state index contributed by atoms with van der Waals surface area (Å²) in [4.78, 5) is 0. The summed E-state index contributed by atoms with van der Waals surface area (Å²) in [6.45, 7) is 6.83. The zero-order valence-electron chi connectivity index (χ0n) is 11.1. The highest BCUT2D eigenvalue weighted by molar-refractivity contribution is 6.60. The maximum atomic E-state index is 6.34. The monoisotopic (exact) mass is 258 g/mol. The van der Waals surface area contributed by atoms with Gasteiger partial charge in [0.1, 0.15) is 0 Å². The van der Waals surface area contributed by atoms with E-state index in [-0.39, 0.29) is 10.4 Å².